The Labute approximate surface area is 103 Å². The first-order valence-electron chi connectivity index (χ1n) is 5.75. The number of ether oxygens (including phenoxy) is 1. The van der Waals surface area contributed by atoms with Crippen molar-refractivity contribution in [1.82, 2.24) is 10.2 Å². The fraction of sp³-hybridized carbons (Fsp3) is 0.538. The molecule has 1 N–H and O–H groups in total. The van der Waals surface area contributed by atoms with Crippen LogP contribution in [0.1, 0.15) is 5.56 Å². The van der Waals surface area contributed by atoms with E-state index >= 15 is 0 Å². The Morgan fingerprint density at radius 2 is 2.12 bits per heavy atom. The summed E-state index contributed by atoms with van der Waals surface area (Å²) < 4.78 is 18.6. The van der Waals surface area contributed by atoms with E-state index in [0.29, 0.717) is 13.2 Å². The summed E-state index contributed by atoms with van der Waals surface area (Å²) >= 11 is 0. The van der Waals surface area contributed by atoms with Gasteiger partial charge in [0.15, 0.2) is 0 Å². The number of hydrogen-bond donors (Lipinski definition) is 1. The summed E-state index contributed by atoms with van der Waals surface area (Å²) in [5, 5.41) is 3.17. The number of nitrogens with zero attached hydrogens (tertiary/aromatic N) is 1. The molecule has 0 aromatic heterocycles. The van der Waals surface area contributed by atoms with Crippen molar-refractivity contribution < 1.29 is 9.13 Å². The van der Waals surface area contributed by atoms with Gasteiger partial charge in [-0.15, -0.1) is 0 Å². The largest absolute Gasteiger partial charge is 0.383 e. The van der Waals surface area contributed by atoms with E-state index in [1.807, 2.05) is 26.2 Å². The minimum absolute atomic E-state index is 0.146. The molecule has 1 rings (SSSR count). The number of halogens is 1. The average Bonchev–Trinajstić information content (AvgIpc) is 2.31. The molecule has 0 aliphatic rings. The molecule has 1 aromatic rings. The van der Waals surface area contributed by atoms with E-state index in [9.17, 15) is 4.39 Å². The number of nitrogens with one attached hydrogen (secondary N) is 1. The van der Waals surface area contributed by atoms with E-state index in [0.717, 1.165) is 12.1 Å². The highest BCUT2D eigenvalue weighted by Gasteiger charge is 2.10. The zero-order chi connectivity index (χ0) is 12.7. The van der Waals surface area contributed by atoms with Crippen LogP contribution in [0.2, 0.25) is 0 Å². The van der Waals surface area contributed by atoms with Crippen molar-refractivity contribution in [1.29, 1.82) is 0 Å². The average molecular weight is 240 g/mol. The zero-order valence-electron chi connectivity index (χ0n) is 10.7. The van der Waals surface area contributed by atoms with Crippen molar-refractivity contribution in [3.8, 4) is 0 Å². The molecule has 3 nitrogen and oxygen atoms in total. The van der Waals surface area contributed by atoms with Gasteiger partial charge in [-0.1, -0.05) is 18.2 Å². The van der Waals surface area contributed by atoms with Gasteiger partial charge >= 0.3 is 0 Å². The standard InChI is InChI=1S/C13H21FN2O/c1-15-12(10-17-3)9-16(2)8-11-6-4-5-7-13(11)14/h4-7,12,15H,8-10H2,1-3H3. The highest BCUT2D eigenvalue weighted by Crippen LogP contribution is 2.08. The molecule has 0 spiro atoms. The highest BCUT2D eigenvalue weighted by molar-refractivity contribution is 5.16. The number of benzene rings is 1. The van der Waals surface area contributed by atoms with Gasteiger partial charge in [-0.05, 0) is 20.2 Å². The summed E-state index contributed by atoms with van der Waals surface area (Å²) in [5.41, 5.74) is 0.724. The number of hydrogen-bond acceptors (Lipinski definition) is 3. The Balaban J connectivity index is 2.49. The normalized spacial score (nSPS) is 13.0. The molecule has 0 amide bonds. The van der Waals surface area contributed by atoms with Crippen LogP contribution < -0.4 is 5.32 Å². The topological polar surface area (TPSA) is 24.5 Å². The van der Waals surface area contributed by atoms with Gasteiger partial charge in [-0.2, -0.15) is 0 Å². The van der Waals surface area contributed by atoms with Crippen molar-refractivity contribution in [2.24, 2.45) is 0 Å². The van der Waals surface area contributed by atoms with Crippen LogP contribution in [-0.2, 0) is 11.3 Å². The predicted molar refractivity (Wildman–Crippen MR) is 67.5 cm³/mol. The molecule has 0 aliphatic carbocycles. The molecule has 96 valence electrons. The first kappa shape index (κ1) is 14.1. The molecular formula is C13H21FN2O. The van der Waals surface area contributed by atoms with Gasteiger partial charge < -0.3 is 15.0 Å². The summed E-state index contributed by atoms with van der Waals surface area (Å²) in [6.07, 6.45) is 0. The van der Waals surface area contributed by atoms with Crippen LogP contribution >= 0.6 is 0 Å². The number of rotatable bonds is 7. The maximum absolute atomic E-state index is 13.5. The van der Waals surface area contributed by atoms with Crippen molar-refractivity contribution in [3.63, 3.8) is 0 Å². The summed E-state index contributed by atoms with van der Waals surface area (Å²) in [4.78, 5) is 2.08. The van der Waals surface area contributed by atoms with Gasteiger partial charge in [-0.25, -0.2) is 4.39 Å². The third-order valence-electron chi connectivity index (χ3n) is 2.71. The van der Waals surface area contributed by atoms with Crippen molar-refractivity contribution >= 4 is 0 Å². The van der Waals surface area contributed by atoms with Gasteiger partial charge in [0.05, 0.1) is 6.61 Å². The molecular weight excluding hydrogens is 219 g/mol. The Morgan fingerprint density at radius 1 is 1.41 bits per heavy atom. The van der Waals surface area contributed by atoms with Gasteiger partial charge in [-0.3, -0.25) is 0 Å². The van der Waals surface area contributed by atoms with Crippen molar-refractivity contribution in [2.75, 3.05) is 34.4 Å². The fourth-order valence-electron chi connectivity index (χ4n) is 1.79. The summed E-state index contributed by atoms with van der Waals surface area (Å²) in [7, 11) is 5.56. The first-order chi connectivity index (χ1) is 8.17. The Kier molecular flexibility index (Phi) is 6.11. The molecule has 17 heavy (non-hydrogen) atoms. The molecule has 4 heteroatoms. The quantitative estimate of drug-likeness (QED) is 0.781. The molecule has 1 atom stereocenters. The summed E-state index contributed by atoms with van der Waals surface area (Å²) in [6, 6.07) is 7.14. The Bertz CT molecular complexity index is 333. The minimum atomic E-state index is -0.146. The molecule has 0 heterocycles. The SMILES string of the molecule is CNC(COC)CN(C)Cc1ccccc1F. The van der Waals surface area contributed by atoms with Gasteiger partial charge in [0.1, 0.15) is 5.82 Å². The van der Waals surface area contributed by atoms with Gasteiger partial charge in [0, 0.05) is 31.8 Å². The lowest BCUT2D eigenvalue weighted by atomic mass is 10.2. The first-order valence-corrected chi connectivity index (χ1v) is 5.75. The molecule has 0 radical (unpaired) electrons. The van der Waals surface area contributed by atoms with Crippen LogP contribution in [0.4, 0.5) is 4.39 Å². The smallest absolute Gasteiger partial charge is 0.127 e. The third kappa shape index (κ3) is 4.81. The molecule has 0 saturated heterocycles. The summed E-state index contributed by atoms with van der Waals surface area (Å²) in [5.74, 6) is -0.146. The second kappa shape index (κ2) is 7.37. The van der Waals surface area contributed by atoms with E-state index < -0.39 is 0 Å². The van der Waals surface area contributed by atoms with Gasteiger partial charge in [0.2, 0.25) is 0 Å². The van der Waals surface area contributed by atoms with Crippen LogP contribution in [0, 0.1) is 5.82 Å². The van der Waals surface area contributed by atoms with E-state index in [4.69, 9.17) is 4.74 Å². The highest BCUT2D eigenvalue weighted by atomic mass is 19.1. The second-order valence-corrected chi connectivity index (χ2v) is 4.23. The maximum atomic E-state index is 13.5. The lowest BCUT2D eigenvalue weighted by molar-refractivity contribution is 0.147. The predicted octanol–water partition coefficient (Wildman–Crippen LogP) is 1.49. The van der Waals surface area contributed by atoms with Crippen LogP contribution in [0.3, 0.4) is 0 Å². The molecule has 0 fully saturated rings. The molecule has 0 saturated carbocycles. The minimum Gasteiger partial charge on any atom is -0.383 e. The summed E-state index contributed by atoms with van der Waals surface area (Å²) in [6.45, 7) is 2.07. The number of methoxy groups -OCH3 is 1. The van der Waals surface area contributed by atoms with Crippen LogP contribution in [0.5, 0.6) is 0 Å². The van der Waals surface area contributed by atoms with E-state index in [1.54, 1.807) is 13.2 Å². The molecule has 1 unspecified atom stereocenters. The zero-order valence-corrected chi connectivity index (χ0v) is 10.7. The number of likely N-dealkylation sites (N-methyl/N-ethyl adjacent to an activating group) is 2. The van der Waals surface area contributed by atoms with Crippen LogP contribution in [0.15, 0.2) is 24.3 Å². The molecule has 1 aromatic carbocycles. The monoisotopic (exact) mass is 240 g/mol. The lowest BCUT2D eigenvalue weighted by Crippen LogP contribution is -2.40. The fourth-order valence-corrected chi connectivity index (χ4v) is 1.79. The van der Waals surface area contributed by atoms with Crippen LogP contribution in [-0.4, -0.2) is 45.3 Å². The third-order valence-corrected chi connectivity index (χ3v) is 2.71. The Hall–Kier alpha value is -0.970. The van der Waals surface area contributed by atoms with E-state index in [1.165, 1.54) is 6.07 Å². The van der Waals surface area contributed by atoms with E-state index in [-0.39, 0.29) is 11.9 Å². The van der Waals surface area contributed by atoms with Crippen molar-refractivity contribution in [2.45, 2.75) is 12.6 Å². The molecule has 0 aliphatic heterocycles. The van der Waals surface area contributed by atoms with Crippen LogP contribution in [0.25, 0.3) is 0 Å². The maximum Gasteiger partial charge on any atom is 0.127 e. The lowest BCUT2D eigenvalue weighted by Gasteiger charge is -2.23. The Morgan fingerprint density at radius 3 is 2.71 bits per heavy atom. The molecule has 0 bridgehead atoms. The van der Waals surface area contributed by atoms with Crippen molar-refractivity contribution in [3.05, 3.63) is 35.6 Å². The van der Waals surface area contributed by atoms with E-state index in [2.05, 4.69) is 10.2 Å². The van der Waals surface area contributed by atoms with Gasteiger partial charge in [0.25, 0.3) is 0 Å². The second-order valence-electron chi connectivity index (χ2n) is 4.23.